The minimum atomic E-state index is -0.742. The molecule has 0 fully saturated rings. The van der Waals surface area contributed by atoms with Crippen LogP contribution in [-0.2, 0) is 28.9 Å². The molecule has 1 aliphatic rings. The molecule has 0 spiro atoms. The molecule has 1 aromatic carbocycles. The molecule has 3 rings (SSSR count). The fourth-order valence-corrected chi connectivity index (χ4v) is 3.64. The monoisotopic (exact) mass is 430 g/mol. The van der Waals surface area contributed by atoms with Crippen LogP contribution >= 0.6 is 12.4 Å². The number of likely N-dealkylation sites (N-methyl/N-ethyl adjacent to an activating group) is 1. The maximum Gasteiger partial charge on any atom is 0.281 e. The van der Waals surface area contributed by atoms with Gasteiger partial charge in [0.1, 0.15) is 0 Å². The fraction of sp³-hybridized carbons (Fsp3) is 0.364. The molecule has 0 radical (unpaired) electrons. The summed E-state index contributed by atoms with van der Waals surface area (Å²) in [6.45, 7) is 2.15. The number of rotatable bonds is 7. The number of hydrogen-bond donors (Lipinski definition) is 2. The molecule has 8 heteroatoms. The van der Waals surface area contributed by atoms with Crippen LogP contribution in [0.25, 0.3) is 0 Å². The first-order valence-corrected chi connectivity index (χ1v) is 9.74. The average molecular weight is 431 g/mol. The third-order valence-electron chi connectivity index (χ3n) is 5.36. The fourth-order valence-electron chi connectivity index (χ4n) is 3.64. The van der Waals surface area contributed by atoms with E-state index in [-0.39, 0.29) is 12.4 Å². The normalized spacial score (nSPS) is 15.8. The van der Waals surface area contributed by atoms with Gasteiger partial charge >= 0.3 is 0 Å². The molecule has 1 atom stereocenters. The summed E-state index contributed by atoms with van der Waals surface area (Å²) in [4.78, 5) is 30.3. The first-order chi connectivity index (χ1) is 14.0. The molecule has 30 heavy (non-hydrogen) atoms. The summed E-state index contributed by atoms with van der Waals surface area (Å²) < 4.78 is 0. The number of anilines is 1. The predicted octanol–water partition coefficient (Wildman–Crippen LogP) is 2.89. The number of aromatic nitrogens is 1. The predicted molar refractivity (Wildman–Crippen MR) is 119 cm³/mol. The molecule has 1 unspecified atom stereocenters. The molecular formula is C22H27ClN4O3. The van der Waals surface area contributed by atoms with Gasteiger partial charge in [0.05, 0.1) is 11.9 Å². The van der Waals surface area contributed by atoms with Crippen molar-refractivity contribution in [3.8, 4) is 0 Å². The summed E-state index contributed by atoms with van der Waals surface area (Å²) in [7, 11) is 2.15. The second-order valence-corrected chi connectivity index (χ2v) is 7.40. The maximum absolute atomic E-state index is 12.1. The van der Waals surface area contributed by atoms with Crippen molar-refractivity contribution < 1.29 is 14.8 Å². The summed E-state index contributed by atoms with van der Waals surface area (Å²) in [5.41, 5.74) is 3.42. The Balaban J connectivity index is 0.00000320. The molecule has 0 saturated carbocycles. The molecule has 160 valence electrons. The van der Waals surface area contributed by atoms with Gasteiger partial charge in [0.2, 0.25) is 5.71 Å². The van der Waals surface area contributed by atoms with E-state index in [4.69, 9.17) is 5.21 Å². The Hall–Kier alpha value is -2.77. The molecule has 0 bridgehead atoms. The number of Topliss-reactive ketones (excluding diaryl/α,β-unsaturated/α-hetero) is 1. The SMILES string of the molecule is CC(=O)/C(=N\O)C(=O)Nc1cnc2c(c1)CC(N(C)CCc1ccccc1)CC2.Cl. The Kier molecular flexibility index (Phi) is 8.50. The van der Waals surface area contributed by atoms with E-state index in [0.717, 1.165) is 43.5 Å². The Morgan fingerprint density at radius 1 is 1.30 bits per heavy atom. The minimum absolute atomic E-state index is 0. The highest BCUT2D eigenvalue weighted by Gasteiger charge is 2.24. The largest absolute Gasteiger partial charge is 0.410 e. The standard InChI is InChI=1S/C22H26N4O3.ClH/c1-15(27)21(25-29)22(28)24-18-12-17-13-19(8-9-20(17)23-14-18)26(2)11-10-16-6-4-3-5-7-16;/h3-7,12,14,19,29H,8-11,13H2,1-2H3,(H,24,28);1H/b25-21+;. The maximum atomic E-state index is 12.1. The van der Waals surface area contributed by atoms with Gasteiger partial charge in [-0.3, -0.25) is 14.6 Å². The van der Waals surface area contributed by atoms with Crippen LogP contribution in [0.3, 0.4) is 0 Å². The highest BCUT2D eigenvalue weighted by atomic mass is 35.5. The van der Waals surface area contributed by atoms with Crippen molar-refractivity contribution in [1.82, 2.24) is 9.88 Å². The van der Waals surface area contributed by atoms with Crippen LogP contribution in [0.5, 0.6) is 0 Å². The Labute approximate surface area is 182 Å². The van der Waals surface area contributed by atoms with Gasteiger partial charge in [0.25, 0.3) is 5.91 Å². The topological polar surface area (TPSA) is 94.9 Å². The summed E-state index contributed by atoms with van der Waals surface area (Å²) in [6.07, 6.45) is 5.36. The van der Waals surface area contributed by atoms with E-state index < -0.39 is 17.4 Å². The number of ketones is 1. The van der Waals surface area contributed by atoms with Crippen molar-refractivity contribution in [2.24, 2.45) is 5.16 Å². The summed E-state index contributed by atoms with van der Waals surface area (Å²) in [5.74, 6) is -1.34. The highest BCUT2D eigenvalue weighted by molar-refractivity contribution is 6.67. The van der Waals surface area contributed by atoms with Gasteiger partial charge < -0.3 is 15.4 Å². The van der Waals surface area contributed by atoms with Crippen LogP contribution < -0.4 is 5.32 Å². The van der Waals surface area contributed by atoms with Gasteiger partial charge in [-0.1, -0.05) is 35.5 Å². The van der Waals surface area contributed by atoms with Crippen LogP contribution in [-0.4, -0.2) is 52.1 Å². The minimum Gasteiger partial charge on any atom is -0.410 e. The van der Waals surface area contributed by atoms with Crippen LogP contribution in [0.1, 0.15) is 30.2 Å². The van der Waals surface area contributed by atoms with Crippen molar-refractivity contribution in [2.75, 3.05) is 18.9 Å². The molecule has 0 saturated heterocycles. The number of fused-ring (bicyclic) bond motifs is 1. The number of benzene rings is 1. The second-order valence-electron chi connectivity index (χ2n) is 7.40. The molecule has 0 aliphatic heterocycles. The van der Waals surface area contributed by atoms with Crippen LogP contribution in [0.2, 0.25) is 0 Å². The van der Waals surface area contributed by atoms with Gasteiger partial charge in [0.15, 0.2) is 5.78 Å². The van der Waals surface area contributed by atoms with E-state index in [0.29, 0.717) is 11.7 Å². The lowest BCUT2D eigenvalue weighted by atomic mass is 9.90. The van der Waals surface area contributed by atoms with Gasteiger partial charge in [-0.15, -0.1) is 12.4 Å². The number of pyridine rings is 1. The van der Waals surface area contributed by atoms with E-state index in [1.165, 1.54) is 12.5 Å². The van der Waals surface area contributed by atoms with Crippen molar-refractivity contribution >= 4 is 35.5 Å². The first-order valence-electron chi connectivity index (χ1n) is 9.74. The lowest BCUT2D eigenvalue weighted by molar-refractivity contribution is -0.114. The lowest BCUT2D eigenvalue weighted by Crippen LogP contribution is -2.38. The number of nitrogens with zero attached hydrogens (tertiary/aromatic N) is 3. The van der Waals surface area contributed by atoms with E-state index in [2.05, 4.69) is 51.7 Å². The highest BCUT2D eigenvalue weighted by Crippen LogP contribution is 2.25. The Morgan fingerprint density at radius 2 is 2.03 bits per heavy atom. The number of carbonyl (C=O) groups excluding carboxylic acids is 2. The van der Waals surface area contributed by atoms with Crippen molar-refractivity contribution in [2.45, 2.75) is 38.6 Å². The number of halogens is 1. The molecule has 7 nitrogen and oxygen atoms in total. The van der Waals surface area contributed by atoms with Gasteiger partial charge in [-0.05, 0) is 49.9 Å². The third kappa shape index (κ3) is 5.87. The number of oxime groups is 1. The van der Waals surface area contributed by atoms with Gasteiger partial charge in [-0.2, -0.15) is 0 Å². The molecule has 1 amide bonds. The summed E-state index contributed by atoms with van der Waals surface area (Å²) >= 11 is 0. The Morgan fingerprint density at radius 3 is 2.70 bits per heavy atom. The quantitative estimate of drug-likeness (QED) is 0.305. The van der Waals surface area contributed by atoms with Gasteiger partial charge in [-0.25, -0.2) is 0 Å². The molecule has 2 aromatic rings. The van der Waals surface area contributed by atoms with Crippen LogP contribution in [0.15, 0.2) is 47.8 Å². The number of amides is 1. The molecule has 1 heterocycles. The molecule has 1 aliphatic carbocycles. The lowest BCUT2D eigenvalue weighted by Gasteiger charge is -2.32. The zero-order valence-corrected chi connectivity index (χ0v) is 18.0. The van der Waals surface area contributed by atoms with E-state index in [1.807, 2.05) is 12.1 Å². The zero-order valence-electron chi connectivity index (χ0n) is 17.2. The average Bonchev–Trinajstić information content (AvgIpc) is 2.72. The van der Waals surface area contributed by atoms with E-state index >= 15 is 0 Å². The smallest absolute Gasteiger partial charge is 0.281 e. The van der Waals surface area contributed by atoms with Crippen LogP contribution in [0.4, 0.5) is 5.69 Å². The van der Waals surface area contributed by atoms with Crippen molar-refractivity contribution in [3.63, 3.8) is 0 Å². The Bertz CT molecular complexity index is 918. The number of nitrogens with one attached hydrogen (secondary N) is 1. The second kappa shape index (κ2) is 10.8. The molecular weight excluding hydrogens is 404 g/mol. The molecule has 2 N–H and O–H groups in total. The summed E-state index contributed by atoms with van der Waals surface area (Å²) in [5, 5.41) is 14.2. The summed E-state index contributed by atoms with van der Waals surface area (Å²) in [6, 6.07) is 12.7. The van der Waals surface area contributed by atoms with Crippen LogP contribution in [0, 0.1) is 0 Å². The van der Waals surface area contributed by atoms with E-state index in [9.17, 15) is 9.59 Å². The van der Waals surface area contributed by atoms with E-state index in [1.54, 1.807) is 6.20 Å². The number of aryl methyl sites for hydroxylation is 1. The number of hydrogen-bond acceptors (Lipinski definition) is 6. The first kappa shape index (κ1) is 23.5. The van der Waals surface area contributed by atoms with Gasteiger partial charge in [0, 0.05) is 25.2 Å². The zero-order chi connectivity index (χ0) is 20.8. The van der Waals surface area contributed by atoms with Crippen molar-refractivity contribution in [1.29, 1.82) is 0 Å². The molecule has 1 aromatic heterocycles. The van der Waals surface area contributed by atoms with Crippen molar-refractivity contribution in [3.05, 3.63) is 59.4 Å². The number of carbonyl (C=O) groups is 2. The third-order valence-corrected chi connectivity index (χ3v) is 5.36.